The number of H-pyrrole nitrogens is 1. The average Bonchev–Trinajstić information content (AvgIpc) is 3.17. The smallest absolute Gasteiger partial charge is 0.228 e. The second-order valence-electron chi connectivity index (χ2n) is 6.52. The molecule has 3 rings (SSSR count). The van der Waals surface area contributed by atoms with Crippen molar-refractivity contribution in [3.05, 3.63) is 18.0 Å². The molecule has 22 heavy (non-hydrogen) atoms. The first-order valence-electron chi connectivity index (χ1n) is 8.18. The van der Waals surface area contributed by atoms with Crippen molar-refractivity contribution in [2.45, 2.75) is 51.1 Å². The minimum Gasteiger partial charge on any atom is -0.340 e. The summed E-state index contributed by atoms with van der Waals surface area (Å²) in [5.74, 6) is 0.0174. The normalized spacial score (nSPS) is 23.0. The first-order valence-corrected chi connectivity index (χ1v) is 8.18. The fourth-order valence-electron chi connectivity index (χ4n) is 3.66. The molecule has 6 nitrogen and oxygen atoms in total. The van der Waals surface area contributed by atoms with Crippen molar-refractivity contribution in [2.75, 3.05) is 13.6 Å². The Labute approximate surface area is 130 Å². The van der Waals surface area contributed by atoms with Crippen molar-refractivity contribution in [1.82, 2.24) is 20.0 Å². The Balaban J connectivity index is 1.58. The lowest BCUT2D eigenvalue weighted by molar-refractivity contribution is -0.135. The maximum absolute atomic E-state index is 12.6. The van der Waals surface area contributed by atoms with Gasteiger partial charge in [0.1, 0.15) is 0 Å². The third-order valence-corrected chi connectivity index (χ3v) is 4.87. The number of aromatic nitrogens is 2. The molecule has 0 spiro atoms. The molecule has 0 radical (unpaired) electrons. The SMILES string of the molecule is CN(Cc1ccn[nH]1)C(=O)C1CC(=O)N(C2CCCCC2)C1. The van der Waals surface area contributed by atoms with Crippen LogP contribution in [-0.2, 0) is 16.1 Å². The number of nitrogens with one attached hydrogen (secondary N) is 1. The van der Waals surface area contributed by atoms with Gasteiger partial charge < -0.3 is 9.80 Å². The van der Waals surface area contributed by atoms with Crippen LogP contribution < -0.4 is 0 Å². The van der Waals surface area contributed by atoms with Crippen molar-refractivity contribution in [3.63, 3.8) is 0 Å². The highest BCUT2D eigenvalue weighted by atomic mass is 16.2. The lowest BCUT2D eigenvalue weighted by atomic mass is 9.94. The molecule has 1 unspecified atom stereocenters. The number of carbonyl (C=O) groups excluding carboxylic acids is 2. The molecule has 1 saturated carbocycles. The maximum Gasteiger partial charge on any atom is 0.228 e. The Morgan fingerprint density at radius 2 is 2.18 bits per heavy atom. The van der Waals surface area contributed by atoms with Crippen molar-refractivity contribution in [2.24, 2.45) is 5.92 Å². The van der Waals surface area contributed by atoms with E-state index in [1.54, 1.807) is 18.1 Å². The Morgan fingerprint density at radius 1 is 1.41 bits per heavy atom. The van der Waals surface area contributed by atoms with E-state index in [1.807, 2.05) is 11.0 Å². The van der Waals surface area contributed by atoms with Crippen LogP contribution in [0.3, 0.4) is 0 Å². The first kappa shape index (κ1) is 15.1. The summed E-state index contributed by atoms with van der Waals surface area (Å²) < 4.78 is 0. The molecule has 2 aliphatic rings. The molecule has 2 fully saturated rings. The highest BCUT2D eigenvalue weighted by molar-refractivity contribution is 5.89. The van der Waals surface area contributed by atoms with Gasteiger partial charge in [-0.3, -0.25) is 14.7 Å². The maximum atomic E-state index is 12.6. The monoisotopic (exact) mass is 304 g/mol. The number of carbonyl (C=O) groups is 2. The number of hydrogen-bond acceptors (Lipinski definition) is 3. The Hall–Kier alpha value is -1.85. The molecule has 120 valence electrons. The van der Waals surface area contributed by atoms with Crippen LogP contribution in [0.5, 0.6) is 0 Å². The number of nitrogens with zero attached hydrogens (tertiary/aromatic N) is 3. The first-order chi connectivity index (χ1) is 10.6. The van der Waals surface area contributed by atoms with E-state index >= 15 is 0 Å². The number of rotatable bonds is 4. The van der Waals surface area contributed by atoms with E-state index in [1.165, 1.54) is 19.3 Å². The fourth-order valence-corrected chi connectivity index (χ4v) is 3.66. The molecule has 2 amide bonds. The number of hydrogen-bond donors (Lipinski definition) is 1. The molecule has 0 aromatic carbocycles. The molecule has 1 aromatic rings. The highest BCUT2D eigenvalue weighted by Gasteiger charge is 2.39. The Kier molecular flexibility index (Phi) is 4.45. The molecule has 1 saturated heterocycles. The van der Waals surface area contributed by atoms with Crippen LogP contribution in [0.25, 0.3) is 0 Å². The predicted octanol–water partition coefficient (Wildman–Crippen LogP) is 1.55. The van der Waals surface area contributed by atoms with Gasteiger partial charge in [0.05, 0.1) is 18.2 Å². The van der Waals surface area contributed by atoms with Gasteiger partial charge in [-0.05, 0) is 18.9 Å². The van der Waals surface area contributed by atoms with E-state index in [0.29, 0.717) is 25.6 Å². The topological polar surface area (TPSA) is 69.3 Å². The zero-order valence-electron chi connectivity index (χ0n) is 13.1. The molecule has 0 bridgehead atoms. The Bertz CT molecular complexity index is 522. The molecule has 2 heterocycles. The molecule has 1 atom stereocenters. The molecule has 1 aliphatic heterocycles. The molecule has 1 aromatic heterocycles. The standard InChI is InChI=1S/C16H24N4O2/c1-19(11-13-7-8-17-18-13)16(22)12-9-15(21)20(10-12)14-5-3-2-4-6-14/h7-8,12,14H,2-6,9-11H2,1H3,(H,17,18). The summed E-state index contributed by atoms with van der Waals surface area (Å²) in [5.41, 5.74) is 0.907. The van der Waals surface area contributed by atoms with Crippen LogP contribution in [0.1, 0.15) is 44.2 Å². The zero-order chi connectivity index (χ0) is 15.5. The second-order valence-corrected chi connectivity index (χ2v) is 6.52. The third kappa shape index (κ3) is 3.15. The molecule has 1 aliphatic carbocycles. The quantitative estimate of drug-likeness (QED) is 0.917. The molecule has 1 N–H and O–H groups in total. The van der Waals surface area contributed by atoms with E-state index in [9.17, 15) is 9.59 Å². The Morgan fingerprint density at radius 3 is 2.86 bits per heavy atom. The molecular weight excluding hydrogens is 280 g/mol. The van der Waals surface area contributed by atoms with Crippen LogP contribution in [0.2, 0.25) is 0 Å². The summed E-state index contributed by atoms with van der Waals surface area (Å²) in [6.07, 6.45) is 7.90. The van der Waals surface area contributed by atoms with E-state index in [2.05, 4.69) is 10.2 Å². The highest BCUT2D eigenvalue weighted by Crippen LogP contribution is 2.29. The average molecular weight is 304 g/mol. The van der Waals surface area contributed by atoms with Crippen LogP contribution in [0.4, 0.5) is 0 Å². The minimum absolute atomic E-state index is 0.0567. The third-order valence-electron chi connectivity index (χ3n) is 4.87. The van der Waals surface area contributed by atoms with Gasteiger partial charge in [0.25, 0.3) is 0 Å². The zero-order valence-corrected chi connectivity index (χ0v) is 13.1. The minimum atomic E-state index is -0.192. The lowest BCUT2D eigenvalue weighted by Gasteiger charge is -2.31. The van der Waals surface area contributed by atoms with Gasteiger partial charge in [0.2, 0.25) is 11.8 Å². The molecule has 6 heteroatoms. The van der Waals surface area contributed by atoms with Gasteiger partial charge in [0, 0.05) is 32.3 Å². The lowest BCUT2D eigenvalue weighted by Crippen LogP contribution is -2.39. The van der Waals surface area contributed by atoms with Crippen molar-refractivity contribution in [3.8, 4) is 0 Å². The van der Waals surface area contributed by atoms with Crippen molar-refractivity contribution < 1.29 is 9.59 Å². The molecular formula is C16H24N4O2. The van der Waals surface area contributed by atoms with Crippen molar-refractivity contribution >= 4 is 11.8 Å². The summed E-state index contributed by atoms with van der Waals surface area (Å²) in [5, 5.41) is 6.75. The summed E-state index contributed by atoms with van der Waals surface area (Å²) in [4.78, 5) is 28.5. The summed E-state index contributed by atoms with van der Waals surface area (Å²) in [6.45, 7) is 1.10. The van der Waals surface area contributed by atoms with Crippen LogP contribution in [0.15, 0.2) is 12.3 Å². The van der Waals surface area contributed by atoms with Gasteiger partial charge in [0.15, 0.2) is 0 Å². The van der Waals surface area contributed by atoms with Gasteiger partial charge >= 0.3 is 0 Å². The van der Waals surface area contributed by atoms with E-state index in [-0.39, 0.29) is 17.7 Å². The summed E-state index contributed by atoms with van der Waals surface area (Å²) in [6, 6.07) is 2.22. The van der Waals surface area contributed by atoms with Gasteiger partial charge in [-0.1, -0.05) is 19.3 Å². The van der Waals surface area contributed by atoms with Gasteiger partial charge in [-0.2, -0.15) is 5.10 Å². The number of amides is 2. The van der Waals surface area contributed by atoms with Crippen LogP contribution >= 0.6 is 0 Å². The number of aromatic amines is 1. The van der Waals surface area contributed by atoms with Gasteiger partial charge in [-0.25, -0.2) is 0 Å². The summed E-state index contributed by atoms with van der Waals surface area (Å²) in [7, 11) is 1.79. The van der Waals surface area contributed by atoms with Crippen molar-refractivity contribution in [1.29, 1.82) is 0 Å². The van der Waals surface area contributed by atoms with Crippen LogP contribution in [0, 0.1) is 5.92 Å². The van der Waals surface area contributed by atoms with E-state index < -0.39 is 0 Å². The largest absolute Gasteiger partial charge is 0.340 e. The van der Waals surface area contributed by atoms with Crippen LogP contribution in [-0.4, -0.2) is 51.4 Å². The van der Waals surface area contributed by atoms with E-state index in [0.717, 1.165) is 18.5 Å². The fraction of sp³-hybridized carbons (Fsp3) is 0.688. The predicted molar refractivity (Wildman–Crippen MR) is 81.8 cm³/mol. The van der Waals surface area contributed by atoms with Gasteiger partial charge in [-0.15, -0.1) is 0 Å². The second kappa shape index (κ2) is 6.50. The van der Waals surface area contributed by atoms with E-state index in [4.69, 9.17) is 0 Å². The number of likely N-dealkylation sites (tertiary alicyclic amines) is 1. The summed E-state index contributed by atoms with van der Waals surface area (Å²) >= 11 is 0.